The number of alkyl carbamates (subject to hydrolysis) is 2. The molecule has 0 aliphatic carbocycles. The topological polar surface area (TPSA) is 136 Å². The number of amides is 4. The number of methoxy groups -OCH3 is 4. The van der Waals surface area contributed by atoms with Gasteiger partial charge in [-0.05, 0) is 38.5 Å². The van der Waals surface area contributed by atoms with E-state index >= 15 is 0 Å². The van der Waals surface area contributed by atoms with Crippen molar-refractivity contribution in [3.8, 4) is 0 Å². The van der Waals surface area contributed by atoms with Crippen LogP contribution in [0.4, 0.5) is 19.2 Å². The molecule has 12 nitrogen and oxygen atoms in total. The number of unbranched alkanes of at least 4 members (excludes halogenated alkanes) is 3. The molecule has 0 fully saturated rings. The summed E-state index contributed by atoms with van der Waals surface area (Å²) in [6.45, 7) is 2.92. The molecule has 0 bridgehead atoms. The summed E-state index contributed by atoms with van der Waals surface area (Å²) < 4.78 is 18.7. The number of ether oxygens (including phenoxy) is 4. The van der Waals surface area contributed by atoms with Crippen molar-refractivity contribution < 1.29 is 38.1 Å². The molecule has 0 heterocycles. The Labute approximate surface area is 189 Å². The van der Waals surface area contributed by atoms with Gasteiger partial charge in [0.15, 0.2) is 0 Å². The average Bonchev–Trinajstić information content (AvgIpc) is 2.81. The molecule has 0 spiro atoms. The molecule has 0 saturated carbocycles. The van der Waals surface area contributed by atoms with Crippen LogP contribution in [-0.4, -0.2) is 102 Å². The van der Waals surface area contributed by atoms with Crippen LogP contribution in [0.5, 0.6) is 0 Å². The highest BCUT2D eigenvalue weighted by atomic mass is 16.6. The Hall–Kier alpha value is -2.92. The summed E-state index contributed by atoms with van der Waals surface area (Å²) in [5.74, 6) is 0. The molecule has 0 radical (unpaired) electrons. The van der Waals surface area contributed by atoms with Gasteiger partial charge < -0.3 is 39.4 Å². The average molecular weight is 463 g/mol. The minimum atomic E-state index is -0.482. The van der Waals surface area contributed by atoms with Crippen LogP contribution in [0.15, 0.2) is 0 Å². The Morgan fingerprint density at radius 2 is 0.844 bits per heavy atom. The zero-order valence-corrected chi connectivity index (χ0v) is 19.6. The Bertz CT molecular complexity index is 514. The van der Waals surface area contributed by atoms with E-state index in [4.69, 9.17) is 9.47 Å². The van der Waals surface area contributed by atoms with Gasteiger partial charge in [-0.15, -0.1) is 0 Å². The third-order valence-electron chi connectivity index (χ3n) is 4.59. The second-order valence-corrected chi connectivity index (χ2v) is 6.87. The van der Waals surface area contributed by atoms with Gasteiger partial charge in [0, 0.05) is 39.3 Å². The minimum absolute atomic E-state index is 0.408. The Morgan fingerprint density at radius 1 is 0.531 bits per heavy atom. The van der Waals surface area contributed by atoms with Gasteiger partial charge in [-0.3, -0.25) is 0 Å². The molecule has 0 unspecified atom stereocenters. The molecule has 186 valence electrons. The fourth-order valence-corrected chi connectivity index (χ4v) is 2.83. The molecule has 0 aliphatic heterocycles. The number of carbonyl (C=O) groups is 4. The van der Waals surface area contributed by atoms with Crippen LogP contribution < -0.4 is 10.6 Å². The van der Waals surface area contributed by atoms with E-state index in [-0.39, 0.29) is 0 Å². The molecule has 0 aromatic carbocycles. The predicted octanol–water partition coefficient (Wildman–Crippen LogP) is 2.18. The van der Waals surface area contributed by atoms with E-state index in [9.17, 15) is 19.2 Å². The first-order valence-electron chi connectivity index (χ1n) is 10.7. The highest BCUT2D eigenvalue weighted by Crippen LogP contribution is 2.05. The molecule has 2 N–H and O–H groups in total. The van der Waals surface area contributed by atoms with Crippen molar-refractivity contribution in [2.24, 2.45) is 0 Å². The van der Waals surface area contributed by atoms with Gasteiger partial charge >= 0.3 is 24.4 Å². The molecule has 0 aliphatic rings. The van der Waals surface area contributed by atoms with Crippen molar-refractivity contribution >= 4 is 24.4 Å². The quantitative estimate of drug-likeness (QED) is 0.279. The molecule has 0 atom stereocenters. The van der Waals surface area contributed by atoms with Gasteiger partial charge in [0.25, 0.3) is 0 Å². The lowest BCUT2D eigenvalue weighted by Crippen LogP contribution is -2.35. The number of nitrogens with zero attached hydrogens (tertiary/aromatic N) is 2. The van der Waals surface area contributed by atoms with E-state index in [0.29, 0.717) is 77.8 Å². The first-order valence-corrected chi connectivity index (χ1v) is 10.7. The normalized spacial score (nSPS) is 10.0. The summed E-state index contributed by atoms with van der Waals surface area (Å²) in [7, 11) is 5.28. The van der Waals surface area contributed by atoms with E-state index < -0.39 is 24.4 Å². The van der Waals surface area contributed by atoms with Crippen LogP contribution in [-0.2, 0) is 18.9 Å². The summed E-state index contributed by atoms with van der Waals surface area (Å²) in [4.78, 5) is 49.2. The van der Waals surface area contributed by atoms with Crippen molar-refractivity contribution in [3.63, 3.8) is 0 Å². The van der Waals surface area contributed by atoms with E-state index in [1.807, 2.05) is 0 Å². The van der Waals surface area contributed by atoms with Gasteiger partial charge in [0.1, 0.15) is 0 Å². The standard InChI is InChI=1S/C20H38N4O8/c1-29-17(25)21-11-5-7-13-23(19(27)31-3)15-9-10-16-24(20(28)32-4)14-8-6-12-22-18(26)30-2/h5-16H2,1-4H3,(H,21,25)(H,22,26). The van der Waals surface area contributed by atoms with Crippen molar-refractivity contribution in [3.05, 3.63) is 0 Å². The highest BCUT2D eigenvalue weighted by Gasteiger charge is 2.15. The van der Waals surface area contributed by atoms with E-state index in [2.05, 4.69) is 20.1 Å². The fourth-order valence-electron chi connectivity index (χ4n) is 2.83. The van der Waals surface area contributed by atoms with Gasteiger partial charge in [-0.25, -0.2) is 19.2 Å². The Balaban J connectivity index is 4.27. The summed E-state index contributed by atoms with van der Waals surface area (Å²) in [6, 6.07) is 0. The number of nitrogens with one attached hydrogen (secondary N) is 2. The summed E-state index contributed by atoms with van der Waals surface area (Å²) >= 11 is 0. The smallest absolute Gasteiger partial charge is 0.409 e. The maximum absolute atomic E-state index is 12.0. The predicted molar refractivity (Wildman–Crippen MR) is 116 cm³/mol. The number of hydrogen-bond donors (Lipinski definition) is 2. The number of hydrogen-bond acceptors (Lipinski definition) is 8. The molecule has 0 aromatic heterocycles. The van der Waals surface area contributed by atoms with Crippen LogP contribution >= 0.6 is 0 Å². The van der Waals surface area contributed by atoms with Crippen molar-refractivity contribution in [1.29, 1.82) is 0 Å². The van der Waals surface area contributed by atoms with Crippen LogP contribution in [0, 0.1) is 0 Å². The lowest BCUT2D eigenvalue weighted by molar-refractivity contribution is 0.115. The third-order valence-corrected chi connectivity index (χ3v) is 4.59. The third kappa shape index (κ3) is 14.1. The maximum atomic E-state index is 12.0. The van der Waals surface area contributed by atoms with Gasteiger partial charge in [-0.1, -0.05) is 0 Å². The molecular formula is C20H38N4O8. The molecule has 4 amide bonds. The van der Waals surface area contributed by atoms with E-state index in [1.165, 1.54) is 28.4 Å². The fraction of sp³-hybridized carbons (Fsp3) is 0.800. The summed E-state index contributed by atoms with van der Waals surface area (Å²) in [5, 5.41) is 5.18. The lowest BCUT2D eigenvalue weighted by atomic mass is 10.2. The molecule has 0 aromatic rings. The largest absolute Gasteiger partial charge is 0.453 e. The molecule has 0 rings (SSSR count). The van der Waals surface area contributed by atoms with Gasteiger partial charge in [0.2, 0.25) is 0 Å². The van der Waals surface area contributed by atoms with Gasteiger partial charge in [0.05, 0.1) is 28.4 Å². The van der Waals surface area contributed by atoms with Crippen molar-refractivity contribution in [1.82, 2.24) is 20.4 Å². The second kappa shape index (κ2) is 18.8. The van der Waals surface area contributed by atoms with Crippen LogP contribution in [0.3, 0.4) is 0 Å². The number of rotatable bonds is 15. The maximum Gasteiger partial charge on any atom is 0.409 e. The Kier molecular flexibility index (Phi) is 17.1. The van der Waals surface area contributed by atoms with E-state index in [1.54, 1.807) is 9.80 Å². The van der Waals surface area contributed by atoms with Crippen molar-refractivity contribution in [2.45, 2.75) is 38.5 Å². The second-order valence-electron chi connectivity index (χ2n) is 6.87. The van der Waals surface area contributed by atoms with Gasteiger partial charge in [-0.2, -0.15) is 0 Å². The highest BCUT2D eigenvalue weighted by molar-refractivity contribution is 5.68. The van der Waals surface area contributed by atoms with Crippen LogP contribution in [0.1, 0.15) is 38.5 Å². The SMILES string of the molecule is COC(=O)NCCCCN(CCCCN(CCCCNC(=O)OC)C(=O)OC)C(=O)OC. The van der Waals surface area contributed by atoms with Crippen molar-refractivity contribution in [2.75, 3.05) is 67.7 Å². The van der Waals surface area contributed by atoms with E-state index in [0.717, 1.165) is 0 Å². The van der Waals surface area contributed by atoms with Crippen LogP contribution in [0.25, 0.3) is 0 Å². The monoisotopic (exact) mass is 462 g/mol. The van der Waals surface area contributed by atoms with Crippen LogP contribution in [0.2, 0.25) is 0 Å². The zero-order valence-electron chi connectivity index (χ0n) is 19.6. The summed E-state index contributed by atoms with van der Waals surface area (Å²) in [6.07, 6.45) is 2.39. The minimum Gasteiger partial charge on any atom is -0.453 e. The Morgan fingerprint density at radius 3 is 1.12 bits per heavy atom. The first kappa shape index (κ1) is 29.1. The number of carbonyl (C=O) groups excluding carboxylic acids is 4. The first-order chi connectivity index (χ1) is 15.4. The summed E-state index contributed by atoms with van der Waals surface area (Å²) in [5.41, 5.74) is 0. The molecule has 12 heteroatoms. The zero-order chi connectivity index (χ0) is 24.2. The molecule has 0 saturated heterocycles. The molecule has 32 heavy (non-hydrogen) atoms. The lowest BCUT2D eigenvalue weighted by Gasteiger charge is -2.23. The molecular weight excluding hydrogens is 424 g/mol.